The SMILES string of the molecule is CCC(=O)CCCN1CCN(C(=O)c2cncs2)C(c2ncc(-c3ccc4ccccc4c3)[nH]2)C1. The molecule has 1 atom stereocenters. The predicted octanol–water partition coefficient (Wildman–Crippen LogP) is 4.94. The number of piperazine rings is 1. The van der Waals surface area contributed by atoms with Crippen LogP contribution in [0.15, 0.2) is 60.4 Å². The summed E-state index contributed by atoms with van der Waals surface area (Å²) in [6, 6.07) is 14.5. The molecule has 0 radical (unpaired) electrons. The number of imidazole rings is 1. The summed E-state index contributed by atoms with van der Waals surface area (Å²) in [6.45, 7) is 4.81. The monoisotopic (exact) mass is 487 g/mol. The third-order valence-electron chi connectivity index (χ3n) is 6.66. The molecule has 3 heterocycles. The molecular formula is C27H29N5O2S. The number of aromatic amines is 1. The number of nitrogens with one attached hydrogen (secondary N) is 1. The highest BCUT2D eigenvalue weighted by atomic mass is 32.1. The number of aromatic nitrogens is 3. The number of Topliss-reactive ketones (excluding diaryl/α,β-unsaturated/α-hetero) is 1. The van der Waals surface area contributed by atoms with Crippen molar-refractivity contribution in [3.63, 3.8) is 0 Å². The van der Waals surface area contributed by atoms with E-state index < -0.39 is 0 Å². The van der Waals surface area contributed by atoms with Crippen molar-refractivity contribution in [1.82, 2.24) is 24.8 Å². The smallest absolute Gasteiger partial charge is 0.266 e. The van der Waals surface area contributed by atoms with E-state index in [2.05, 4.69) is 45.2 Å². The van der Waals surface area contributed by atoms with Gasteiger partial charge in [-0.3, -0.25) is 19.5 Å². The fraction of sp³-hybridized carbons (Fsp3) is 0.333. The number of carbonyl (C=O) groups is 2. The normalized spacial score (nSPS) is 16.6. The molecule has 0 spiro atoms. The molecule has 0 aliphatic carbocycles. The van der Waals surface area contributed by atoms with Crippen LogP contribution in [0.25, 0.3) is 22.0 Å². The van der Waals surface area contributed by atoms with Crippen LogP contribution in [0.1, 0.15) is 47.7 Å². The molecule has 7 nitrogen and oxygen atoms in total. The zero-order chi connectivity index (χ0) is 24.2. The molecule has 180 valence electrons. The van der Waals surface area contributed by atoms with Gasteiger partial charge in [0.15, 0.2) is 0 Å². The fourth-order valence-electron chi connectivity index (χ4n) is 4.67. The summed E-state index contributed by atoms with van der Waals surface area (Å²) in [4.78, 5) is 42.2. The van der Waals surface area contributed by atoms with Crippen LogP contribution in [0.4, 0.5) is 0 Å². The van der Waals surface area contributed by atoms with Gasteiger partial charge in [0.1, 0.15) is 22.5 Å². The van der Waals surface area contributed by atoms with E-state index in [1.54, 1.807) is 11.7 Å². The first-order valence-electron chi connectivity index (χ1n) is 12.1. The average molecular weight is 488 g/mol. The highest BCUT2D eigenvalue weighted by molar-refractivity contribution is 7.11. The number of nitrogens with zero attached hydrogens (tertiary/aromatic N) is 4. The molecule has 4 aromatic rings. The van der Waals surface area contributed by atoms with Crippen LogP contribution >= 0.6 is 11.3 Å². The lowest BCUT2D eigenvalue weighted by Crippen LogP contribution is -2.51. The highest BCUT2D eigenvalue weighted by Gasteiger charge is 2.34. The minimum Gasteiger partial charge on any atom is -0.340 e. The molecule has 0 bridgehead atoms. The van der Waals surface area contributed by atoms with Crippen LogP contribution in [-0.4, -0.2) is 62.6 Å². The second kappa shape index (κ2) is 10.5. The maximum atomic E-state index is 13.3. The second-order valence-electron chi connectivity index (χ2n) is 8.92. The number of fused-ring (bicyclic) bond motifs is 1. The third kappa shape index (κ3) is 5.18. The van der Waals surface area contributed by atoms with Crippen molar-refractivity contribution in [3.05, 3.63) is 71.1 Å². The minimum atomic E-state index is -0.200. The maximum absolute atomic E-state index is 13.3. The summed E-state index contributed by atoms with van der Waals surface area (Å²) in [6.07, 6.45) is 5.52. The van der Waals surface area contributed by atoms with E-state index in [9.17, 15) is 9.59 Å². The van der Waals surface area contributed by atoms with Gasteiger partial charge >= 0.3 is 0 Å². The molecule has 2 aromatic heterocycles. The standard InChI is InChI=1S/C27H29N5O2S/c1-2-22(33)8-5-11-31-12-13-32(27(34)25-16-28-18-35-25)24(17-31)26-29-15-23(30-26)21-10-9-19-6-3-4-7-20(19)14-21/h3-4,6-7,9-10,14-16,18,24H,2,5,8,11-13,17H2,1H3,(H,29,30). The van der Waals surface area contributed by atoms with E-state index in [1.165, 1.54) is 22.1 Å². The quantitative estimate of drug-likeness (QED) is 0.380. The number of H-pyrrole nitrogens is 1. The molecule has 0 saturated carbocycles. The highest BCUT2D eigenvalue weighted by Crippen LogP contribution is 2.29. The fourth-order valence-corrected chi connectivity index (χ4v) is 5.24. The van der Waals surface area contributed by atoms with Crippen molar-refractivity contribution in [2.75, 3.05) is 26.2 Å². The van der Waals surface area contributed by atoms with Crippen molar-refractivity contribution in [2.45, 2.75) is 32.2 Å². The molecule has 35 heavy (non-hydrogen) atoms. The number of hydrogen-bond donors (Lipinski definition) is 1. The molecule has 1 saturated heterocycles. The van der Waals surface area contributed by atoms with E-state index in [0.29, 0.717) is 36.6 Å². The number of ketones is 1. The molecule has 1 N–H and O–H groups in total. The van der Waals surface area contributed by atoms with Crippen molar-refractivity contribution in [3.8, 4) is 11.3 Å². The summed E-state index contributed by atoms with van der Waals surface area (Å²) in [5.41, 5.74) is 3.68. The van der Waals surface area contributed by atoms with Gasteiger partial charge in [-0.15, -0.1) is 11.3 Å². The molecule has 1 fully saturated rings. The summed E-state index contributed by atoms with van der Waals surface area (Å²) in [5.74, 6) is 1.06. The molecule has 1 aliphatic rings. The Hall–Kier alpha value is -3.36. The van der Waals surface area contributed by atoms with E-state index in [0.717, 1.165) is 36.6 Å². The number of carbonyl (C=O) groups excluding carboxylic acids is 2. The first kappa shape index (κ1) is 23.4. The topological polar surface area (TPSA) is 82.2 Å². The van der Waals surface area contributed by atoms with Crippen molar-refractivity contribution in [1.29, 1.82) is 0 Å². The van der Waals surface area contributed by atoms with Crippen LogP contribution < -0.4 is 0 Å². The first-order valence-corrected chi connectivity index (χ1v) is 13.0. The van der Waals surface area contributed by atoms with Crippen LogP contribution in [0.5, 0.6) is 0 Å². The average Bonchev–Trinajstić information content (AvgIpc) is 3.61. The Labute approximate surface area is 208 Å². The summed E-state index contributed by atoms with van der Waals surface area (Å²) < 4.78 is 0. The van der Waals surface area contributed by atoms with Crippen molar-refractivity contribution < 1.29 is 9.59 Å². The van der Waals surface area contributed by atoms with Gasteiger partial charge < -0.3 is 9.88 Å². The Kier molecular flexibility index (Phi) is 7.01. The van der Waals surface area contributed by atoms with Crippen molar-refractivity contribution >= 4 is 33.8 Å². The largest absolute Gasteiger partial charge is 0.340 e. The van der Waals surface area contributed by atoms with Crippen LogP contribution in [0.2, 0.25) is 0 Å². The van der Waals surface area contributed by atoms with E-state index in [4.69, 9.17) is 4.98 Å². The van der Waals surface area contributed by atoms with Gasteiger partial charge in [0.2, 0.25) is 0 Å². The molecule has 5 rings (SSSR count). The lowest BCUT2D eigenvalue weighted by molar-refractivity contribution is -0.118. The summed E-state index contributed by atoms with van der Waals surface area (Å²) >= 11 is 1.36. The lowest BCUT2D eigenvalue weighted by atomic mass is 10.1. The van der Waals surface area contributed by atoms with Gasteiger partial charge in [-0.25, -0.2) is 4.98 Å². The van der Waals surface area contributed by atoms with Crippen LogP contribution in [0, 0.1) is 0 Å². The Morgan fingerprint density at radius 2 is 1.97 bits per heavy atom. The first-order chi connectivity index (χ1) is 17.1. The van der Waals surface area contributed by atoms with E-state index in [1.807, 2.05) is 30.2 Å². The number of benzene rings is 2. The molecule has 1 amide bonds. The Morgan fingerprint density at radius 3 is 2.77 bits per heavy atom. The number of hydrogen-bond acceptors (Lipinski definition) is 6. The maximum Gasteiger partial charge on any atom is 0.266 e. The molecule has 2 aromatic carbocycles. The Bertz CT molecular complexity index is 1320. The van der Waals surface area contributed by atoms with E-state index in [-0.39, 0.29) is 11.9 Å². The zero-order valence-corrected chi connectivity index (χ0v) is 20.6. The zero-order valence-electron chi connectivity index (χ0n) is 19.8. The van der Waals surface area contributed by atoms with Gasteiger partial charge in [0.05, 0.1) is 23.6 Å². The molecule has 1 aliphatic heterocycles. The van der Waals surface area contributed by atoms with Crippen LogP contribution in [-0.2, 0) is 4.79 Å². The Morgan fingerprint density at radius 1 is 1.11 bits per heavy atom. The second-order valence-corrected chi connectivity index (χ2v) is 9.81. The number of thiazole rings is 1. The Balaban J connectivity index is 1.39. The van der Waals surface area contributed by atoms with Crippen LogP contribution in [0.3, 0.4) is 0 Å². The summed E-state index contributed by atoms with van der Waals surface area (Å²) in [5, 5.41) is 2.37. The van der Waals surface area contributed by atoms with Gasteiger partial charge in [0, 0.05) is 38.0 Å². The number of amides is 1. The molecular weight excluding hydrogens is 458 g/mol. The van der Waals surface area contributed by atoms with Crippen molar-refractivity contribution in [2.24, 2.45) is 0 Å². The van der Waals surface area contributed by atoms with Gasteiger partial charge in [-0.1, -0.05) is 43.3 Å². The lowest BCUT2D eigenvalue weighted by Gasteiger charge is -2.40. The molecule has 8 heteroatoms. The number of rotatable bonds is 8. The van der Waals surface area contributed by atoms with E-state index >= 15 is 0 Å². The van der Waals surface area contributed by atoms with Gasteiger partial charge in [0.25, 0.3) is 5.91 Å². The van der Waals surface area contributed by atoms with Gasteiger partial charge in [-0.05, 0) is 29.8 Å². The van der Waals surface area contributed by atoms with Gasteiger partial charge in [-0.2, -0.15) is 0 Å². The third-order valence-corrected chi connectivity index (χ3v) is 7.43. The minimum absolute atomic E-state index is 0.0121. The molecule has 1 unspecified atom stereocenters. The summed E-state index contributed by atoms with van der Waals surface area (Å²) in [7, 11) is 0. The predicted molar refractivity (Wildman–Crippen MR) is 138 cm³/mol.